The molecule has 3 atom stereocenters. The minimum absolute atomic E-state index is 0.0170. The van der Waals surface area contributed by atoms with E-state index in [2.05, 4.69) is 39.2 Å². The van der Waals surface area contributed by atoms with Gasteiger partial charge in [0.05, 0.1) is 16.7 Å². The largest absolute Gasteiger partial charge is 0.348 e. The number of nitrogens with zero attached hydrogens (tertiary/aromatic N) is 3. The van der Waals surface area contributed by atoms with Gasteiger partial charge in [0.15, 0.2) is 10.9 Å². The van der Waals surface area contributed by atoms with E-state index in [0.717, 1.165) is 42.8 Å². The molecule has 6 heteroatoms. The molecule has 35 heavy (non-hydrogen) atoms. The van der Waals surface area contributed by atoms with Crippen LogP contribution in [-0.2, 0) is 6.54 Å². The van der Waals surface area contributed by atoms with Crippen LogP contribution in [0.5, 0.6) is 0 Å². The Labute approximate surface area is 213 Å². The Balaban J connectivity index is 1.65. The molecule has 0 N–H and O–H groups in total. The third kappa shape index (κ3) is 5.28. The highest BCUT2D eigenvalue weighted by molar-refractivity contribution is 7.99. The van der Waals surface area contributed by atoms with E-state index in [0.29, 0.717) is 33.8 Å². The first kappa shape index (κ1) is 25.7. The van der Waals surface area contributed by atoms with E-state index in [1.54, 1.807) is 0 Å². The maximum atomic E-state index is 13.7. The average Bonchev–Trinajstić information content (AvgIpc) is 3.11. The summed E-state index contributed by atoms with van der Waals surface area (Å²) in [4.78, 5) is 31.9. The van der Waals surface area contributed by atoms with Crippen LogP contribution >= 0.6 is 11.8 Å². The predicted octanol–water partition coefficient (Wildman–Crippen LogP) is 6.83. The van der Waals surface area contributed by atoms with Crippen LogP contribution in [0.25, 0.3) is 10.9 Å². The minimum Gasteiger partial charge on any atom is -0.348 e. The molecule has 1 fully saturated rings. The Hall–Kier alpha value is -2.34. The zero-order valence-electron chi connectivity index (χ0n) is 22.0. The molecule has 0 unspecified atom stereocenters. The van der Waals surface area contributed by atoms with Gasteiger partial charge in [0, 0.05) is 29.5 Å². The van der Waals surface area contributed by atoms with Crippen LogP contribution in [0.15, 0.2) is 40.3 Å². The molecule has 2 aromatic heterocycles. The lowest BCUT2D eigenvalue weighted by molar-refractivity contribution is 0.102. The second-order valence-electron chi connectivity index (χ2n) is 10.8. The number of Topliss-reactive ketones (excluding diaryl/α,β-unsaturated/α-hetero) is 1. The number of carbonyl (C=O) groups excluding carboxylic acids is 1. The minimum atomic E-state index is 0.0170. The highest BCUT2D eigenvalue weighted by atomic mass is 32.2. The average molecular weight is 494 g/mol. The van der Waals surface area contributed by atoms with Gasteiger partial charge in [-0.2, -0.15) is 0 Å². The van der Waals surface area contributed by atoms with E-state index in [9.17, 15) is 9.59 Å². The lowest BCUT2D eigenvalue weighted by Gasteiger charge is -2.36. The van der Waals surface area contributed by atoms with Gasteiger partial charge in [-0.25, -0.2) is 4.98 Å². The smallest absolute Gasteiger partial charge is 0.262 e. The second-order valence-corrected chi connectivity index (χ2v) is 11.7. The predicted molar refractivity (Wildman–Crippen MR) is 146 cm³/mol. The normalized spacial score (nSPS) is 20.6. The van der Waals surface area contributed by atoms with Crippen LogP contribution in [-0.4, -0.2) is 25.7 Å². The molecule has 188 valence electrons. The Morgan fingerprint density at radius 1 is 1.17 bits per heavy atom. The molecule has 0 bridgehead atoms. The van der Waals surface area contributed by atoms with Crippen molar-refractivity contribution >= 4 is 28.4 Å². The first-order valence-electron chi connectivity index (χ1n) is 13.0. The molecular weight excluding hydrogens is 454 g/mol. The summed E-state index contributed by atoms with van der Waals surface area (Å²) in [5, 5.41) is 1.32. The van der Waals surface area contributed by atoms with Crippen LogP contribution < -0.4 is 5.56 Å². The van der Waals surface area contributed by atoms with Gasteiger partial charge in [-0.3, -0.25) is 14.2 Å². The van der Waals surface area contributed by atoms with Crippen LogP contribution in [0.2, 0.25) is 0 Å². The van der Waals surface area contributed by atoms with Crippen LogP contribution in [0, 0.1) is 31.6 Å². The van der Waals surface area contributed by atoms with E-state index < -0.39 is 0 Å². The summed E-state index contributed by atoms with van der Waals surface area (Å²) < 4.78 is 4.17. The zero-order valence-corrected chi connectivity index (χ0v) is 22.8. The zero-order chi connectivity index (χ0) is 25.3. The molecule has 2 heterocycles. The molecule has 5 nitrogen and oxygen atoms in total. The van der Waals surface area contributed by atoms with E-state index in [1.165, 1.54) is 18.2 Å². The van der Waals surface area contributed by atoms with Gasteiger partial charge in [-0.1, -0.05) is 64.4 Å². The number of para-hydroxylation sites is 1. The maximum Gasteiger partial charge on any atom is 0.262 e. The molecule has 1 aliphatic rings. The summed E-state index contributed by atoms with van der Waals surface area (Å²) in [6.45, 7) is 14.0. The number of rotatable bonds is 8. The molecule has 0 radical (unpaired) electrons. The van der Waals surface area contributed by atoms with Crippen molar-refractivity contribution in [2.45, 2.75) is 85.0 Å². The molecule has 1 aliphatic carbocycles. The molecule has 4 rings (SSSR count). The lowest BCUT2D eigenvalue weighted by atomic mass is 9.78. The fourth-order valence-corrected chi connectivity index (χ4v) is 6.40. The van der Waals surface area contributed by atoms with Crippen molar-refractivity contribution in [2.24, 2.45) is 17.8 Å². The number of hydrogen-bond donors (Lipinski definition) is 0. The van der Waals surface area contributed by atoms with E-state index in [1.807, 2.05) is 41.8 Å². The summed E-state index contributed by atoms with van der Waals surface area (Å²) >= 11 is 1.41. The Kier molecular flexibility index (Phi) is 7.89. The summed E-state index contributed by atoms with van der Waals surface area (Å²) in [6, 6.07) is 9.70. The fraction of sp³-hybridized carbons (Fsp3) is 0.552. The molecule has 0 amide bonds. The highest BCUT2D eigenvalue weighted by Gasteiger charge is 2.31. The van der Waals surface area contributed by atoms with Crippen molar-refractivity contribution in [3.8, 4) is 0 Å². The molecule has 0 saturated heterocycles. The van der Waals surface area contributed by atoms with Crippen molar-refractivity contribution in [2.75, 3.05) is 5.75 Å². The molecule has 0 aliphatic heterocycles. The summed E-state index contributed by atoms with van der Waals surface area (Å²) in [5.41, 5.74) is 3.66. The highest BCUT2D eigenvalue weighted by Crippen LogP contribution is 2.39. The van der Waals surface area contributed by atoms with Gasteiger partial charge in [0.1, 0.15) is 0 Å². The van der Waals surface area contributed by atoms with Gasteiger partial charge in [-0.05, 0) is 62.6 Å². The Bertz CT molecular complexity index is 1270. The third-order valence-electron chi connectivity index (χ3n) is 7.91. The van der Waals surface area contributed by atoms with Gasteiger partial charge >= 0.3 is 0 Å². The number of ketones is 1. The SMILES string of the molecule is Cc1cc(C(=O)CSc2nc3ccccc3c(=O)n2[C@@H]2CCC[C@H](C)[C@H]2C)c(C)n1CCC(C)C. The molecular formula is C29H39N3O2S. The second kappa shape index (κ2) is 10.7. The Morgan fingerprint density at radius 2 is 1.91 bits per heavy atom. The summed E-state index contributed by atoms with van der Waals surface area (Å²) in [6.07, 6.45) is 4.37. The number of thioether (sulfide) groups is 1. The van der Waals surface area contributed by atoms with Crippen LogP contribution in [0.1, 0.15) is 81.2 Å². The number of aromatic nitrogens is 3. The molecule has 3 aromatic rings. The van der Waals surface area contributed by atoms with Crippen molar-refractivity contribution in [3.05, 3.63) is 57.6 Å². The van der Waals surface area contributed by atoms with Gasteiger partial charge in [0.25, 0.3) is 5.56 Å². The number of hydrogen-bond acceptors (Lipinski definition) is 4. The number of fused-ring (bicyclic) bond motifs is 1. The lowest BCUT2D eigenvalue weighted by Crippen LogP contribution is -2.35. The van der Waals surface area contributed by atoms with E-state index in [4.69, 9.17) is 4.98 Å². The first-order valence-corrected chi connectivity index (χ1v) is 14.0. The van der Waals surface area contributed by atoms with Crippen LogP contribution in [0.3, 0.4) is 0 Å². The molecule has 1 aromatic carbocycles. The third-order valence-corrected chi connectivity index (χ3v) is 8.86. The molecule has 0 spiro atoms. The van der Waals surface area contributed by atoms with Crippen molar-refractivity contribution in [3.63, 3.8) is 0 Å². The van der Waals surface area contributed by atoms with Gasteiger partial charge in [-0.15, -0.1) is 0 Å². The number of benzene rings is 1. The summed E-state index contributed by atoms with van der Waals surface area (Å²) in [7, 11) is 0. The van der Waals surface area contributed by atoms with E-state index >= 15 is 0 Å². The van der Waals surface area contributed by atoms with E-state index in [-0.39, 0.29) is 23.1 Å². The van der Waals surface area contributed by atoms with Crippen LogP contribution in [0.4, 0.5) is 0 Å². The first-order chi connectivity index (χ1) is 16.7. The monoisotopic (exact) mass is 493 g/mol. The summed E-state index contributed by atoms with van der Waals surface area (Å²) in [5.74, 6) is 1.93. The quantitative estimate of drug-likeness (QED) is 0.196. The standard InChI is InChI=1S/C29H39N3O2S/c1-18(2)14-15-31-20(4)16-24(22(31)6)27(33)17-35-29-30-25-12-8-7-11-23(25)28(34)32(29)26-13-9-10-19(3)21(26)5/h7-8,11-12,16,18-19,21,26H,9-10,13-15,17H2,1-6H3/t19-,21+,26+/m0/s1. The fourth-order valence-electron chi connectivity index (χ4n) is 5.46. The Morgan fingerprint density at radius 3 is 2.66 bits per heavy atom. The van der Waals surface area contributed by atoms with Crippen molar-refractivity contribution < 1.29 is 4.79 Å². The number of carbonyl (C=O) groups is 1. The van der Waals surface area contributed by atoms with Crippen molar-refractivity contribution in [1.29, 1.82) is 0 Å². The molecule has 1 saturated carbocycles. The van der Waals surface area contributed by atoms with Gasteiger partial charge in [0.2, 0.25) is 0 Å². The van der Waals surface area contributed by atoms with Gasteiger partial charge < -0.3 is 4.57 Å². The van der Waals surface area contributed by atoms with Crippen molar-refractivity contribution in [1.82, 2.24) is 14.1 Å². The number of aryl methyl sites for hydroxylation is 1. The topological polar surface area (TPSA) is 56.9 Å². The maximum absolute atomic E-state index is 13.7.